The molecule has 1 aromatic heterocycles. The third-order valence-corrected chi connectivity index (χ3v) is 5.01. The number of amides is 1. The molecule has 1 atom stereocenters. The van der Waals surface area contributed by atoms with Crippen molar-refractivity contribution in [3.05, 3.63) is 21.9 Å². The number of aryl methyl sites for hydroxylation is 1. The van der Waals surface area contributed by atoms with Crippen molar-refractivity contribution < 1.29 is 4.79 Å². The van der Waals surface area contributed by atoms with Crippen LogP contribution in [0, 0.1) is 12.8 Å². The summed E-state index contributed by atoms with van der Waals surface area (Å²) in [6.45, 7) is 5.00. The predicted molar refractivity (Wildman–Crippen MR) is 78.7 cm³/mol. The molecule has 1 aromatic rings. The maximum atomic E-state index is 12.6. The van der Waals surface area contributed by atoms with Crippen molar-refractivity contribution in [3.8, 4) is 0 Å². The zero-order valence-electron chi connectivity index (χ0n) is 11.5. The maximum Gasteiger partial charge on any atom is 0.263 e. The van der Waals surface area contributed by atoms with Crippen molar-refractivity contribution in [2.24, 2.45) is 5.92 Å². The minimum absolute atomic E-state index is 0.235. The molecule has 0 aromatic carbocycles. The Kier molecular flexibility index (Phi) is 3.89. The maximum absolute atomic E-state index is 12.6. The van der Waals surface area contributed by atoms with Gasteiger partial charge in [0.2, 0.25) is 0 Å². The molecule has 4 heteroatoms. The second-order valence-electron chi connectivity index (χ2n) is 5.86. The highest BCUT2D eigenvalue weighted by Crippen LogP contribution is 2.31. The monoisotopic (exact) mass is 278 g/mol. The molecule has 2 heterocycles. The Bertz CT molecular complexity index is 447. The van der Waals surface area contributed by atoms with E-state index < -0.39 is 0 Å². The van der Waals surface area contributed by atoms with Crippen LogP contribution in [0.3, 0.4) is 0 Å². The fourth-order valence-electron chi connectivity index (χ4n) is 2.74. The van der Waals surface area contributed by atoms with E-state index in [9.17, 15) is 4.79 Å². The van der Waals surface area contributed by atoms with Gasteiger partial charge < -0.3 is 10.2 Å². The minimum Gasteiger partial charge on any atom is -0.336 e. The largest absolute Gasteiger partial charge is 0.336 e. The van der Waals surface area contributed by atoms with Crippen LogP contribution in [0.5, 0.6) is 0 Å². The molecule has 2 aliphatic rings. The van der Waals surface area contributed by atoms with Gasteiger partial charge in [-0.1, -0.05) is 0 Å². The second kappa shape index (κ2) is 5.63. The third kappa shape index (κ3) is 3.37. The molecular formula is C15H22N2OS. The SMILES string of the molecule is Cc1ccc(C(=O)N(CC2CC2)CC2CCCN2)s1. The Morgan fingerprint density at radius 2 is 2.21 bits per heavy atom. The van der Waals surface area contributed by atoms with E-state index in [1.54, 1.807) is 11.3 Å². The number of thiophene rings is 1. The number of carbonyl (C=O) groups is 1. The molecule has 1 aliphatic heterocycles. The topological polar surface area (TPSA) is 32.3 Å². The highest BCUT2D eigenvalue weighted by molar-refractivity contribution is 7.13. The number of hydrogen-bond acceptors (Lipinski definition) is 3. The van der Waals surface area contributed by atoms with Gasteiger partial charge in [-0.2, -0.15) is 0 Å². The summed E-state index contributed by atoms with van der Waals surface area (Å²) in [6, 6.07) is 4.52. The summed E-state index contributed by atoms with van der Waals surface area (Å²) in [7, 11) is 0. The van der Waals surface area contributed by atoms with Crippen molar-refractivity contribution in [1.82, 2.24) is 10.2 Å². The summed E-state index contributed by atoms with van der Waals surface area (Å²) in [5.74, 6) is 0.991. The highest BCUT2D eigenvalue weighted by atomic mass is 32.1. The normalized spacial score (nSPS) is 22.7. The third-order valence-electron chi connectivity index (χ3n) is 4.02. The number of hydrogen-bond donors (Lipinski definition) is 1. The molecule has 1 N–H and O–H groups in total. The quantitative estimate of drug-likeness (QED) is 0.898. The van der Waals surface area contributed by atoms with Crippen molar-refractivity contribution in [1.29, 1.82) is 0 Å². The van der Waals surface area contributed by atoms with Gasteiger partial charge >= 0.3 is 0 Å². The van der Waals surface area contributed by atoms with Gasteiger partial charge in [0, 0.05) is 24.0 Å². The zero-order valence-corrected chi connectivity index (χ0v) is 12.3. The molecule has 1 amide bonds. The fraction of sp³-hybridized carbons (Fsp3) is 0.667. The first-order chi connectivity index (χ1) is 9.22. The standard InChI is InChI=1S/C15H22N2OS/c1-11-4-7-14(19-11)15(18)17(9-12-5-6-12)10-13-3-2-8-16-13/h4,7,12-13,16H,2-3,5-6,8-10H2,1H3. The Labute approximate surface area is 119 Å². The van der Waals surface area contributed by atoms with Crippen molar-refractivity contribution in [3.63, 3.8) is 0 Å². The van der Waals surface area contributed by atoms with E-state index in [-0.39, 0.29) is 5.91 Å². The molecule has 0 radical (unpaired) electrons. The van der Waals surface area contributed by atoms with Crippen LogP contribution >= 0.6 is 11.3 Å². The van der Waals surface area contributed by atoms with Crippen LogP contribution in [0.25, 0.3) is 0 Å². The van der Waals surface area contributed by atoms with Crippen molar-refractivity contribution in [2.45, 2.75) is 38.6 Å². The Balaban J connectivity index is 1.67. The molecule has 1 unspecified atom stereocenters. The predicted octanol–water partition coefficient (Wildman–Crippen LogP) is 2.66. The summed E-state index contributed by atoms with van der Waals surface area (Å²) < 4.78 is 0. The lowest BCUT2D eigenvalue weighted by Gasteiger charge is -2.25. The average Bonchev–Trinajstić information content (AvgIpc) is 2.89. The van der Waals surface area contributed by atoms with Crippen molar-refractivity contribution >= 4 is 17.2 Å². The Morgan fingerprint density at radius 1 is 1.37 bits per heavy atom. The first-order valence-electron chi connectivity index (χ1n) is 7.31. The van der Waals surface area contributed by atoms with Crippen LogP contribution in [-0.4, -0.2) is 36.5 Å². The summed E-state index contributed by atoms with van der Waals surface area (Å²) >= 11 is 1.62. The number of nitrogens with one attached hydrogen (secondary N) is 1. The van der Waals surface area contributed by atoms with Crippen LogP contribution in [0.4, 0.5) is 0 Å². The van der Waals surface area contributed by atoms with E-state index >= 15 is 0 Å². The molecule has 1 saturated heterocycles. The van der Waals surface area contributed by atoms with E-state index in [1.165, 1.54) is 30.6 Å². The average molecular weight is 278 g/mol. The van der Waals surface area contributed by atoms with Gasteiger partial charge in [0.05, 0.1) is 4.88 Å². The summed E-state index contributed by atoms with van der Waals surface area (Å²) in [5.41, 5.74) is 0. The van der Waals surface area contributed by atoms with E-state index in [4.69, 9.17) is 0 Å². The van der Waals surface area contributed by atoms with Gasteiger partial charge in [-0.15, -0.1) is 11.3 Å². The van der Waals surface area contributed by atoms with Crippen LogP contribution in [0.1, 0.15) is 40.2 Å². The first kappa shape index (κ1) is 13.1. The van der Waals surface area contributed by atoms with Gasteiger partial charge in [-0.25, -0.2) is 0 Å². The molecule has 104 valence electrons. The number of rotatable bonds is 5. The molecular weight excluding hydrogens is 256 g/mol. The van der Waals surface area contributed by atoms with Gasteiger partial charge in [-0.05, 0) is 57.2 Å². The molecule has 1 aliphatic carbocycles. The van der Waals surface area contributed by atoms with Crippen LogP contribution in [0.15, 0.2) is 12.1 Å². The lowest BCUT2D eigenvalue weighted by molar-refractivity contribution is 0.0738. The summed E-state index contributed by atoms with van der Waals surface area (Å²) in [5, 5.41) is 3.50. The Morgan fingerprint density at radius 3 is 2.79 bits per heavy atom. The fourth-order valence-corrected chi connectivity index (χ4v) is 3.57. The number of carbonyl (C=O) groups excluding carboxylic acids is 1. The molecule has 3 rings (SSSR count). The van der Waals surface area contributed by atoms with Gasteiger partial charge in [0.15, 0.2) is 0 Å². The molecule has 0 bridgehead atoms. The zero-order chi connectivity index (χ0) is 13.2. The summed E-state index contributed by atoms with van der Waals surface area (Å²) in [6.07, 6.45) is 5.04. The molecule has 0 spiro atoms. The lowest BCUT2D eigenvalue weighted by Crippen LogP contribution is -2.41. The molecule has 1 saturated carbocycles. The van der Waals surface area contributed by atoms with Crippen LogP contribution in [-0.2, 0) is 0 Å². The Hall–Kier alpha value is -0.870. The minimum atomic E-state index is 0.235. The molecule has 3 nitrogen and oxygen atoms in total. The smallest absolute Gasteiger partial charge is 0.263 e. The summed E-state index contributed by atoms with van der Waals surface area (Å²) in [4.78, 5) is 16.8. The highest BCUT2D eigenvalue weighted by Gasteiger charge is 2.29. The molecule has 2 fully saturated rings. The van der Waals surface area contributed by atoms with Crippen LogP contribution in [0.2, 0.25) is 0 Å². The van der Waals surface area contributed by atoms with Gasteiger partial charge in [-0.3, -0.25) is 4.79 Å². The first-order valence-corrected chi connectivity index (χ1v) is 8.13. The van der Waals surface area contributed by atoms with E-state index in [0.29, 0.717) is 6.04 Å². The second-order valence-corrected chi connectivity index (χ2v) is 7.14. The van der Waals surface area contributed by atoms with E-state index in [2.05, 4.69) is 17.1 Å². The van der Waals surface area contributed by atoms with Crippen molar-refractivity contribution in [2.75, 3.05) is 19.6 Å². The number of nitrogens with zero attached hydrogens (tertiary/aromatic N) is 1. The molecule has 19 heavy (non-hydrogen) atoms. The van der Waals surface area contributed by atoms with Crippen LogP contribution < -0.4 is 5.32 Å². The van der Waals surface area contributed by atoms with Gasteiger partial charge in [0.1, 0.15) is 0 Å². The lowest BCUT2D eigenvalue weighted by atomic mass is 10.2. The van der Waals surface area contributed by atoms with E-state index in [1.807, 2.05) is 12.1 Å². The van der Waals surface area contributed by atoms with E-state index in [0.717, 1.165) is 30.4 Å². The van der Waals surface area contributed by atoms with Gasteiger partial charge in [0.25, 0.3) is 5.91 Å².